The van der Waals surface area contributed by atoms with Crippen LogP contribution in [-0.4, -0.2) is 36.9 Å². The molecule has 0 aliphatic rings. The van der Waals surface area contributed by atoms with E-state index >= 15 is 0 Å². The number of guanidine groups is 1. The minimum atomic E-state index is -0.794. The molecule has 0 amide bonds. The molecular formula is C16H19Cl2N3O2S. The van der Waals surface area contributed by atoms with Crippen molar-refractivity contribution in [3.63, 3.8) is 0 Å². The first-order valence-electron chi connectivity index (χ1n) is 7.37. The number of aliphatic hydroxyl groups is 1. The molecule has 2 rings (SSSR count). The van der Waals surface area contributed by atoms with Crippen LogP contribution in [-0.2, 0) is 6.42 Å². The molecule has 1 aromatic heterocycles. The third kappa shape index (κ3) is 6.20. The molecule has 130 valence electrons. The Morgan fingerprint density at radius 3 is 2.92 bits per heavy atom. The van der Waals surface area contributed by atoms with Crippen molar-refractivity contribution in [1.29, 1.82) is 0 Å². The van der Waals surface area contributed by atoms with Gasteiger partial charge < -0.3 is 20.9 Å². The SMILES string of the molecule is NC(=NCC(O)COc1cccc(Cl)c1Cl)NCCc1cccs1. The molecule has 0 fully saturated rings. The number of rotatable bonds is 8. The molecule has 0 spiro atoms. The van der Waals surface area contributed by atoms with Crippen LogP contribution in [0.5, 0.6) is 5.75 Å². The predicted molar refractivity (Wildman–Crippen MR) is 100 cm³/mol. The maximum absolute atomic E-state index is 9.91. The zero-order chi connectivity index (χ0) is 17.4. The average molecular weight is 388 g/mol. The molecule has 0 saturated carbocycles. The number of halogens is 2. The molecule has 1 atom stereocenters. The molecule has 1 heterocycles. The van der Waals surface area contributed by atoms with Crippen LogP contribution in [0.4, 0.5) is 0 Å². The Morgan fingerprint density at radius 2 is 2.17 bits per heavy atom. The lowest BCUT2D eigenvalue weighted by atomic mass is 10.3. The molecule has 4 N–H and O–H groups in total. The molecule has 8 heteroatoms. The van der Waals surface area contributed by atoms with Crippen LogP contribution in [0, 0.1) is 0 Å². The van der Waals surface area contributed by atoms with E-state index < -0.39 is 6.10 Å². The zero-order valence-corrected chi connectivity index (χ0v) is 15.2. The van der Waals surface area contributed by atoms with Gasteiger partial charge in [-0.3, -0.25) is 4.99 Å². The number of benzene rings is 1. The monoisotopic (exact) mass is 387 g/mol. The van der Waals surface area contributed by atoms with Crippen molar-refractivity contribution in [2.24, 2.45) is 10.7 Å². The van der Waals surface area contributed by atoms with Crippen LogP contribution in [0.1, 0.15) is 4.88 Å². The number of nitrogens with two attached hydrogens (primary N) is 1. The highest BCUT2D eigenvalue weighted by Gasteiger charge is 2.09. The fourth-order valence-corrected chi connectivity index (χ4v) is 2.92. The van der Waals surface area contributed by atoms with E-state index in [2.05, 4.69) is 16.4 Å². The Bertz CT molecular complexity index is 665. The van der Waals surface area contributed by atoms with Gasteiger partial charge in [-0.05, 0) is 30.0 Å². The van der Waals surface area contributed by atoms with Crippen LogP contribution in [0.2, 0.25) is 10.0 Å². The smallest absolute Gasteiger partial charge is 0.188 e. The molecule has 0 radical (unpaired) electrons. The third-order valence-corrected chi connectivity index (χ3v) is 4.82. The minimum absolute atomic E-state index is 0.0477. The van der Waals surface area contributed by atoms with Gasteiger partial charge >= 0.3 is 0 Å². The van der Waals surface area contributed by atoms with Crippen molar-refractivity contribution in [3.05, 3.63) is 50.6 Å². The Labute approximate surface area is 155 Å². The van der Waals surface area contributed by atoms with E-state index in [0.29, 0.717) is 28.3 Å². The molecular weight excluding hydrogens is 369 g/mol. The first-order chi connectivity index (χ1) is 11.6. The quantitative estimate of drug-likeness (QED) is 0.480. The highest BCUT2D eigenvalue weighted by Crippen LogP contribution is 2.31. The lowest BCUT2D eigenvalue weighted by Gasteiger charge is -2.12. The molecule has 0 saturated heterocycles. The molecule has 2 aromatic rings. The lowest BCUT2D eigenvalue weighted by Crippen LogP contribution is -2.34. The number of nitrogens with zero attached hydrogens (tertiary/aromatic N) is 1. The van der Waals surface area contributed by atoms with E-state index in [1.807, 2.05) is 11.4 Å². The highest BCUT2D eigenvalue weighted by atomic mass is 35.5. The number of thiophene rings is 1. The summed E-state index contributed by atoms with van der Waals surface area (Å²) in [4.78, 5) is 5.37. The van der Waals surface area contributed by atoms with Crippen LogP contribution in [0.15, 0.2) is 40.7 Å². The van der Waals surface area contributed by atoms with Crippen molar-refractivity contribution in [2.75, 3.05) is 19.7 Å². The van der Waals surface area contributed by atoms with Crippen molar-refractivity contribution < 1.29 is 9.84 Å². The second kappa shape index (κ2) is 9.74. The van der Waals surface area contributed by atoms with E-state index in [9.17, 15) is 5.11 Å². The van der Waals surface area contributed by atoms with Crippen molar-refractivity contribution >= 4 is 40.5 Å². The van der Waals surface area contributed by atoms with Crippen LogP contribution >= 0.6 is 34.5 Å². The summed E-state index contributed by atoms with van der Waals surface area (Å²) in [5.41, 5.74) is 5.76. The Hall–Kier alpha value is -1.47. The summed E-state index contributed by atoms with van der Waals surface area (Å²) < 4.78 is 5.45. The molecule has 24 heavy (non-hydrogen) atoms. The Balaban J connectivity index is 1.69. The minimum Gasteiger partial charge on any atom is -0.489 e. The Morgan fingerprint density at radius 1 is 1.33 bits per heavy atom. The summed E-state index contributed by atoms with van der Waals surface area (Å²) in [6.07, 6.45) is 0.0880. The van der Waals surface area contributed by atoms with Gasteiger partial charge in [0.2, 0.25) is 0 Å². The van der Waals surface area contributed by atoms with Crippen LogP contribution < -0.4 is 15.8 Å². The van der Waals surface area contributed by atoms with Gasteiger partial charge in [0.25, 0.3) is 0 Å². The number of nitrogens with one attached hydrogen (secondary N) is 1. The Kier molecular flexibility index (Phi) is 7.65. The number of hydrogen-bond donors (Lipinski definition) is 3. The summed E-state index contributed by atoms with van der Waals surface area (Å²) in [5.74, 6) is 0.723. The summed E-state index contributed by atoms with van der Waals surface area (Å²) in [6, 6.07) is 9.16. The van der Waals surface area contributed by atoms with Gasteiger partial charge in [-0.15, -0.1) is 11.3 Å². The van der Waals surface area contributed by atoms with Gasteiger partial charge in [0.1, 0.15) is 23.5 Å². The fourth-order valence-electron chi connectivity index (χ4n) is 1.86. The molecule has 1 aromatic carbocycles. The molecule has 5 nitrogen and oxygen atoms in total. The molecule has 0 bridgehead atoms. The number of ether oxygens (including phenoxy) is 1. The summed E-state index contributed by atoms with van der Waals surface area (Å²) in [6.45, 7) is 0.878. The average Bonchev–Trinajstić information content (AvgIpc) is 3.07. The second-order valence-electron chi connectivity index (χ2n) is 5.00. The zero-order valence-electron chi connectivity index (χ0n) is 12.9. The highest BCUT2D eigenvalue weighted by molar-refractivity contribution is 7.09. The summed E-state index contributed by atoms with van der Waals surface area (Å²) in [7, 11) is 0. The van der Waals surface area contributed by atoms with Gasteiger partial charge in [0, 0.05) is 11.4 Å². The van der Waals surface area contributed by atoms with Crippen molar-refractivity contribution in [1.82, 2.24) is 5.32 Å². The topological polar surface area (TPSA) is 79.9 Å². The standard InChI is InChI=1S/C16H19Cl2N3O2S/c17-13-4-1-5-14(15(13)18)23-10-11(22)9-21-16(19)20-7-6-12-3-2-8-24-12/h1-5,8,11,22H,6-7,9-10H2,(H3,19,20,21). The van der Waals surface area contributed by atoms with Crippen molar-refractivity contribution in [3.8, 4) is 5.75 Å². The maximum Gasteiger partial charge on any atom is 0.188 e. The predicted octanol–water partition coefficient (Wildman–Crippen LogP) is 2.94. The van der Waals surface area contributed by atoms with Gasteiger partial charge in [0.05, 0.1) is 11.6 Å². The first kappa shape index (κ1) is 18.9. The van der Waals surface area contributed by atoms with Crippen LogP contribution in [0.3, 0.4) is 0 Å². The maximum atomic E-state index is 9.91. The first-order valence-corrected chi connectivity index (χ1v) is 9.01. The van der Waals surface area contributed by atoms with Gasteiger partial charge in [-0.1, -0.05) is 35.3 Å². The van der Waals surface area contributed by atoms with Gasteiger partial charge in [-0.25, -0.2) is 0 Å². The van der Waals surface area contributed by atoms with E-state index in [4.69, 9.17) is 33.7 Å². The lowest BCUT2D eigenvalue weighted by molar-refractivity contribution is 0.114. The number of aliphatic imine (C=N–C) groups is 1. The van der Waals surface area contributed by atoms with E-state index in [1.54, 1.807) is 29.5 Å². The summed E-state index contributed by atoms with van der Waals surface area (Å²) >= 11 is 13.6. The second-order valence-corrected chi connectivity index (χ2v) is 6.82. The molecule has 0 aliphatic heterocycles. The fraction of sp³-hybridized carbons (Fsp3) is 0.312. The van der Waals surface area contributed by atoms with E-state index in [1.165, 1.54) is 4.88 Å². The van der Waals surface area contributed by atoms with Gasteiger partial charge in [-0.2, -0.15) is 0 Å². The van der Waals surface area contributed by atoms with E-state index in [0.717, 1.165) is 6.42 Å². The van der Waals surface area contributed by atoms with Crippen molar-refractivity contribution in [2.45, 2.75) is 12.5 Å². The molecule has 0 aliphatic carbocycles. The number of hydrogen-bond acceptors (Lipinski definition) is 4. The molecule has 1 unspecified atom stereocenters. The summed E-state index contributed by atoms with van der Waals surface area (Å²) in [5, 5.41) is 15.7. The van der Waals surface area contributed by atoms with Gasteiger partial charge in [0.15, 0.2) is 5.96 Å². The van der Waals surface area contributed by atoms with Crippen LogP contribution in [0.25, 0.3) is 0 Å². The van der Waals surface area contributed by atoms with E-state index in [-0.39, 0.29) is 13.2 Å². The normalized spacial score (nSPS) is 12.9. The third-order valence-electron chi connectivity index (χ3n) is 3.08. The largest absolute Gasteiger partial charge is 0.489 e. The number of aliphatic hydroxyl groups excluding tert-OH is 1.